The Morgan fingerprint density at radius 1 is 0.925 bits per heavy atom. The highest BCUT2D eigenvalue weighted by Crippen LogP contribution is 2.32. The van der Waals surface area contributed by atoms with Crippen LogP contribution in [-0.2, 0) is 39.1 Å². The number of hydrogen-bond donors (Lipinski definition) is 2. The largest absolute Gasteiger partial charge is 0.508 e. The quantitative estimate of drug-likeness (QED) is 0.200. The van der Waals surface area contributed by atoms with Crippen LogP contribution in [0.2, 0.25) is 0 Å². The highest BCUT2D eigenvalue weighted by molar-refractivity contribution is 7.90. The van der Waals surface area contributed by atoms with Crippen LogP contribution in [-0.4, -0.2) is 87.0 Å². The van der Waals surface area contributed by atoms with Gasteiger partial charge in [0.1, 0.15) is 18.0 Å². The summed E-state index contributed by atoms with van der Waals surface area (Å²) in [5.74, 6) is -0.597. The van der Waals surface area contributed by atoms with Crippen molar-refractivity contribution in [1.82, 2.24) is 29.1 Å². The van der Waals surface area contributed by atoms with Crippen LogP contribution in [0.15, 0.2) is 127 Å². The number of carbonyl (C=O) groups is 3. The zero-order valence-corrected chi connectivity index (χ0v) is 30.0. The highest BCUT2D eigenvalue weighted by Gasteiger charge is 2.51. The van der Waals surface area contributed by atoms with Crippen LogP contribution >= 0.6 is 0 Å². The molecule has 2 saturated heterocycles. The maximum Gasteiger partial charge on any atom is 0.334 e. The number of amides is 4. The van der Waals surface area contributed by atoms with E-state index < -0.39 is 28.3 Å². The van der Waals surface area contributed by atoms with E-state index in [1.807, 2.05) is 49.4 Å². The van der Waals surface area contributed by atoms with Crippen molar-refractivity contribution in [2.24, 2.45) is 0 Å². The van der Waals surface area contributed by atoms with Gasteiger partial charge in [-0.25, -0.2) is 27.2 Å². The van der Waals surface area contributed by atoms with E-state index in [2.05, 4.69) is 11.9 Å². The van der Waals surface area contributed by atoms with Crippen LogP contribution < -0.4 is 5.32 Å². The molecule has 13 heteroatoms. The summed E-state index contributed by atoms with van der Waals surface area (Å²) in [5, 5.41) is 16.7. The van der Waals surface area contributed by atoms with Gasteiger partial charge in [0.2, 0.25) is 11.8 Å². The number of aromatic hydroxyl groups is 1. The van der Waals surface area contributed by atoms with Crippen LogP contribution in [0.4, 0.5) is 4.79 Å². The summed E-state index contributed by atoms with van der Waals surface area (Å²) >= 11 is 0. The van der Waals surface area contributed by atoms with Crippen molar-refractivity contribution in [3.63, 3.8) is 0 Å². The number of fused-ring (bicyclic) bond motifs is 2. The molecule has 2 aliphatic rings. The number of hydrazine groups is 1. The molecule has 0 radical (unpaired) electrons. The van der Waals surface area contributed by atoms with Crippen LogP contribution in [0, 0.1) is 6.92 Å². The second kappa shape index (κ2) is 14.6. The molecule has 7 rings (SSSR count). The standard InChI is InChI=1S/C40H40N6O6S/c1-3-21-43-27-38(48)45-36(22-29-15-17-32(47)18-16-29)39(49)42(26-37(45)46(43)40(50)41-23-30-9-5-4-6-10-30)24-31-25-44(35-12-8-7-11-34(31)35)53(51,52)33-19-13-28(2)14-20-33/h3-20,25,36-37,47H,1,21-24,26-27H2,2H3,(H,41,50). The molecule has 0 saturated carbocycles. The number of para-hydroxylation sites is 1. The number of aromatic nitrogens is 1. The lowest BCUT2D eigenvalue weighted by Crippen LogP contribution is -2.76. The molecular formula is C40H40N6O6S. The fourth-order valence-electron chi connectivity index (χ4n) is 7.13. The van der Waals surface area contributed by atoms with E-state index in [0.29, 0.717) is 22.0 Å². The van der Waals surface area contributed by atoms with Gasteiger partial charge in [-0.1, -0.05) is 84.4 Å². The molecule has 0 spiro atoms. The van der Waals surface area contributed by atoms with Crippen molar-refractivity contribution < 1.29 is 27.9 Å². The van der Waals surface area contributed by atoms with Gasteiger partial charge in [-0.2, -0.15) is 0 Å². The minimum atomic E-state index is -4.00. The van der Waals surface area contributed by atoms with Crippen molar-refractivity contribution in [3.05, 3.63) is 144 Å². The molecule has 2 fully saturated rings. The van der Waals surface area contributed by atoms with Gasteiger partial charge in [-0.15, -0.1) is 6.58 Å². The highest BCUT2D eigenvalue weighted by atomic mass is 32.2. The molecule has 2 aliphatic heterocycles. The summed E-state index contributed by atoms with van der Waals surface area (Å²) in [6.07, 6.45) is 2.40. The molecule has 12 nitrogen and oxygen atoms in total. The number of phenols is 1. The first-order chi connectivity index (χ1) is 25.5. The van der Waals surface area contributed by atoms with E-state index in [9.17, 15) is 27.9 Å². The van der Waals surface area contributed by atoms with Gasteiger partial charge in [0, 0.05) is 37.6 Å². The lowest BCUT2D eigenvalue weighted by Gasteiger charge is -2.55. The Morgan fingerprint density at radius 2 is 1.62 bits per heavy atom. The number of piperazine rings is 1. The Kier molecular flexibility index (Phi) is 9.78. The lowest BCUT2D eigenvalue weighted by atomic mass is 9.98. The van der Waals surface area contributed by atoms with Gasteiger partial charge in [0.15, 0.2) is 0 Å². The summed E-state index contributed by atoms with van der Waals surface area (Å²) in [5.41, 5.74) is 3.58. The summed E-state index contributed by atoms with van der Waals surface area (Å²) in [6, 6.07) is 28.2. The molecule has 2 atom stereocenters. The molecule has 1 aromatic heterocycles. The summed E-state index contributed by atoms with van der Waals surface area (Å²) in [6.45, 7) is 6.01. The predicted octanol–water partition coefficient (Wildman–Crippen LogP) is 4.63. The first-order valence-corrected chi connectivity index (χ1v) is 18.7. The Morgan fingerprint density at radius 3 is 2.34 bits per heavy atom. The Bertz CT molecular complexity index is 2270. The third-order valence-electron chi connectivity index (χ3n) is 9.73. The normalized spacial score (nSPS) is 17.9. The fourth-order valence-corrected chi connectivity index (χ4v) is 8.52. The molecule has 3 heterocycles. The minimum absolute atomic E-state index is 0.0152. The molecule has 2 N–H and O–H groups in total. The van der Waals surface area contributed by atoms with Crippen molar-refractivity contribution in [2.75, 3.05) is 19.6 Å². The van der Waals surface area contributed by atoms with E-state index in [1.165, 1.54) is 26.0 Å². The lowest BCUT2D eigenvalue weighted by molar-refractivity contribution is -0.189. The molecule has 4 amide bonds. The summed E-state index contributed by atoms with van der Waals surface area (Å²) < 4.78 is 29.2. The molecule has 53 heavy (non-hydrogen) atoms. The molecule has 0 bridgehead atoms. The van der Waals surface area contributed by atoms with Gasteiger partial charge in [-0.3, -0.25) is 9.59 Å². The number of aryl methyl sites for hydroxylation is 1. The van der Waals surface area contributed by atoms with Gasteiger partial charge in [0.05, 0.1) is 23.5 Å². The molecule has 272 valence electrons. The number of rotatable bonds is 10. The first-order valence-electron chi connectivity index (χ1n) is 17.3. The first kappa shape index (κ1) is 35.5. The van der Waals surface area contributed by atoms with Crippen molar-refractivity contribution in [1.29, 1.82) is 0 Å². The molecular weight excluding hydrogens is 693 g/mol. The van der Waals surface area contributed by atoms with E-state index >= 15 is 0 Å². The second-order valence-electron chi connectivity index (χ2n) is 13.3. The number of benzene rings is 4. The van der Waals surface area contributed by atoms with E-state index in [0.717, 1.165) is 11.1 Å². The van der Waals surface area contributed by atoms with Crippen molar-refractivity contribution >= 4 is 38.8 Å². The average Bonchev–Trinajstić information content (AvgIpc) is 3.53. The number of nitrogens with one attached hydrogen (secondary N) is 1. The van der Waals surface area contributed by atoms with E-state index in [-0.39, 0.29) is 61.6 Å². The Labute approximate surface area is 308 Å². The molecule has 4 aromatic carbocycles. The van der Waals surface area contributed by atoms with E-state index in [4.69, 9.17) is 0 Å². The van der Waals surface area contributed by atoms with Crippen molar-refractivity contribution in [3.8, 4) is 5.75 Å². The van der Waals surface area contributed by atoms with Crippen LogP contribution in [0.5, 0.6) is 5.75 Å². The average molecular weight is 733 g/mol. The zero-order chi connectivity index (χ0) is 37.3. The number of urea groups is 1. The smallest absolute Gasteiger partial charge is 0.334 e. The maximum atomic E-state index is 14.6. The number of hydrogen-bond acceptors (Lipinski definition) is 7. The zero-order valence-electron chi connectivity index (χ0n) is 29.2. The van der Waals surface area contributed by atoms with Crippen LogP contribution in [0.3, 0.4) is 0 Å². The maximum absolute atomic E-state index is 14.6. The summed E-state index contributed by atoms with van der Waals surface area (Å²) in [7, 11) is -4.00. The third-order valence-corrected chi connectivity index (χ3v) is 11.4. The fraction of sp³-hybridized carbons (Fsp3) is 0.225. The monoisotopic (exact) mass is 732 g/mol. The molecule has 5 aromatic rings. The topological polar surface area (TPSA) is 136 Å². The van der Waals surface area contributed by atoms with Crippen LogP contribution in [0.25, 0.3) is 10.9 Å². The minimum Gasteiger partial charge on any atom is -0.508 e. The summed E-state index contributed by atoms with van der Waals surface area (Å²) in [4.78, 5) is 45.9. The van der Waals surface area contributed by atoms with Crippen LogP contribution in [0.1, 0.15) is 22.3 Å². The number of carbonyl (C=O) groups excluding carboxylic acids is 3. The SMILES string of the molecule is C=CCN1CC(=O)N2C(Cc3ccc(O)cc3)C(=O)N(Cc3cn(S(=O)(=O)c4ccc(C)cc4)c4ccccc34)CC2N1C(=O)NCc1ccccc1. The predicted molar refractivity (Wildman–Crippen MR) is 200 cm³/mol. The van der Waals surface area contributed by atoms with Crippen molar-refractivity contribution in [2.45, 2.75) is 43.5 Å². The number of phenolic OH excluding ortho intramolecular Hbond substituents is 1. The van der Waals surface area contributed by atoms with Gasteiger partial charge in [0.25, 0.3) is 10.0 Å². The second-order valence-corrected chi connectivity index (χ2v) is 15.1. The number of nitrogens with zero attached hydrogens (tertiary/aromatic N) is 5. The Balaban J connectivity index is 1.28. The Hall–Kier alpha value is -5.92. The van der Waals surface area contributed by atoms with Gasteiger partial charge >= 0.3 is 6.03 Å². The third kappa shape index (κ3) is 7.00. The van der Waals surface area contributed by atoms with Gasteiger partial charge < -0.3 is 20.2 Å². The van der Waals surface area contributed by atoms with E-state index in [1.54, 1.807) is 70.7 Å². The van der Waals surface area contributed by atoms with Gasteiger partial charge in [-0.05, 0) is 53.9 Å². The molecule has 2 unspecified atom stereocenters. The molecule has 0 aliphatic carbocycles.